The SMILES string of the molecule is N#CC(C#N)=c1cc(-c2cc(C(F)(F)F)ncc2C(F)(F)F)c(=C(C#N)C#N)cc1-c1cc(C(F)(F)F)nc(C(F)(F)F)c1. The van der Waals surface area contributed by atoms with Gasteiger partial charge < -0.3 is 0 Å². The molecule has 6 nitrogen and oxygen atoms in total. The number of benzene rings is 1. The number of nitriles is 4. The number of hydrogen-bond donors (Lipinski definition) is 0. The Balaban J connectivity index is 2.76. The van der Waals surface area contributed by atoms with Crippen LogP contribution in [0.4, 0.5) is 52.7 Å². The maximum Gasteiger partial charge on any atom is 0.433 e. The van der Waals surface area contributed by atoms with E-state index in [4.69, 9.17) is 0 Å². The number of hydrogen-bond acceptors (Lipinski definition) is 6. The molecule has 3 aromatic rings. The summed E-state index contributed by atoms with van der Waals surface area (Å²) in [6.45, 7) is 0. The molecule has 0 bridgehead atoms. The molecule has 3 rings (SSSR count). The fraction of sp³-hybridized carbons (Fsp3) is 0.154. The Morgan fingerprint density at radius 2 is 0.909 bits per heavy atom. The van der Waals surface area contributed by atoms with Crippen molar-refractivity contribution in [2.24, 2.45) is 0 Å². The molecule has 1 aromatic carbocycles. The minimum atomic E-state index is -5.51. The Bertz CT molecular complexity index is 1890. The first-order chi connectivity index (χ1) is 20.2. The van der Waals surface area contributed by atoms with Crippen LogP contribution >= 0.6 is 0 Å². The summed E-state index contributed by atoms with van der Waals surface area (Å²) < 4.78 is 163. The molecule has 0 fully saturated rings. The average Bonchev–Trinajstić information content (AvgIpc) is 2.92. The molecule has 44 heavy (non-hydrogen) atoms. The van der Waals surface area contributed by atoms with Crippen LogP contribution in [0.3, 0.4) is 0 Å². The first-order valence-electron chi connectivity index (χ1n) is 11.0. The van der Waals surface area contributed by atoms with Crippen LogP contribution in [0, 0.1) is 45.3 Å². The second-order valence-electron chi connectivity index (χ2n) is 8.37. The Morgan fingerprint density at radius 3 is 1.30 bits per heavy atom. The van der Waals surface area contributed by atoms with Gasteiger partial charge in [-0.05, 0) is 52.6 Å². The average molecular weight is 630 g/mol. The normalized spacial score (nSPS) is 12.0. The lowest BCUT2D eigenvalue weighted by Crippen LogP contribution is -2.22. The van der Waals surface area contributed by atoms with Gasteiger partial charge in [-0.1, -0.05) is 0 Å². The van der Waals surface area contributed by atoms with Crippen LogP contribution in [0.1, 0.15) is 22.6 Å². The molecule has 2 aromatic heterocycles. The topological polar surface area (TPSA) is 121 Å². The third-order valence-electron chi connectivity index (χ3n) is 5.65. The van der Waals surface area contributed by atoms with Gasteiger partial charge >= 0.3 is 24.7 Å². The van der Waals surface area contributed by atoms with E-state index in [1.165, 1.54) is 24.3 Å². The van der Waals surface area contributed by atoms with Crippen molar-refractivity contribution in [1.82, 2.24) is 9.97 Å². The van der Waals surface area contributed by atoms with E-state index in [1.807, 2.05) is 0 Å². The molecule has 0 atom stereocenters. The summed E-state index contributed by atoms with van der Waals surface area (Å²) >= 11 is 0. The lowest BCUT2D eigenvalue weighted by atomic mass is 9.90. The molecule has 0 aliphatic heterocycles. The molecule has 224 valence electrons. The van der Waals surface area contributed by atoms with E-state index < -0.39 is 91.2 Å². The second kappa shape index (κ2) is 11.2. The highest BCUT2D eigenvalue weighted by Gasteiger charge is 2.40. The van der Waals surface area contributed by atoms with Crippen LogP contribution in [-0.4, -0.2) is 9.97 Å². The van der Waals surface area contributed by atoms with Gasteiger partial charge in [-0.3, -0.25) is 4.98 Å². The van der Waals surface area contributed by atoms with Gasteiger partial charge in [-0.2, -0.15) is 73.7 Å². The predicted octanol–water partition coefficient (Wildman–Crippen LogP) is 6.28. The number of rotatable bonds is 2. The summed E-state index contributed by atoms with van der Waals surface area (Å²) in [6, 6.07) is 5.66. The molecule has 2 heterocycles. The van der Waals surface area contributed by atoms with E-state index in [2.05, 4.69) is 9.97 Å². The number of nitrogens with zero attached hydrogens (tertiary/aromatic N) is 6. The Labute approximate surface area is 236 Å². The summed E-state index contributed by atoms with van der Waals surface area (Å²) in [5.74, 6) is 0. The van der Waals surface area contributed by atoms with Crippen molar-refractivity contribution < 1.29 is 52.7 Å². The number of halogens is 12. The number of pyridine rings is 2. The Hall–Kier alpha value is -5.62. The highest BCUT2D eigenvalue weighted by Crippen LogP contribution is 2.40. The van der Waals surface area contributed by atoms with Gasteiger partial charge in [0.05, 0.1) is 5.56 Å². The summed E-state index contributed by atoms with van der Waals surface area (Å²) in [4.78, 5) is 5.23. The zero-order valence-corrected chi connectivity index (χ0v) is 20.7. The van der Waals surface area contributed by atoms with Gasteiger partial charge in [0.1, 0.15) is 52.5 Å². The van der Waals surface area contributed by atoms with Crippen LogP contribution in [0.25, 0.3) is 33.4 Å². The zero-order valence-electron chi connectivity index (χ0n) is 20.7. The van der Waals surface area contributed by atoms with Gasteiger partial charge in [-0.25, -0.2) is 4.98 Å². The van der Waals surface area contributed by atoms with Crippen LogP contribution in [0.15, 0.2) is 36.5 Å². The lowest BCUT2D eigenvalue weighted by Gasteiger charge is -2.17. The molecule has 0 amide bonds. The van der Waals surface area contributed by atoms with Crippen LogP contribution in [0.5, 0.6) is 0 Å². The summed E-state index contributed by atoms with van der Waals surface area (Å²) in [5, 5.41) is 35.9. The standard InChI is InChI=1S/C26H6F12N6/c27-23(28,29)19-10-43-20(24(30,31)32)5-18(19)17-4-15(12(6-39)7-40)14(3-16(17)13(8-41)9-42)11-1-21(25(33,34)35)44-22(2-11)26(36,37)38/h1-5,10H. The molecule has 18 heteroatoms. The summed E-state index contributed by atoms with van der Waals surface area (Å²) in [7, 11) is 0. The van der Waals surface area contributed by atoms with E-state index in [0.717, 1.165) is 0 Å². The first-order valence-corrected chi connectivity index (χ1v) is 11.0. The van der Waals surface area contributed by atoms with E-state index in [9.17, 15) is 73.7 Å². The van der Waals surface area contributed by atoms with E-state index in [-0.39, 0.29) is 24.4 Å². The maximum absolute atomic E-state index is 13.9. The van der Waals surface area contributed by atoms with Crippen molar-refractivity contribution in [3.63, 3.8) is 0 Å². The van der Waals surface area contributed by atoms with Crippen molar-refractivity contribution in [3.05, 3.63) is 69.6 Å². The van der Waals surface area contributed by atoms with Gasteiger partial charge in [0.2, 0.25) is 0 Å². The van der Waals surface area contributed by atoms with Gasteiger partial charge in [-0.15, -0.1) is 0 Å². The largest absolute Gasteiger partial charge is 0.433 e. The summed E-state index contributed by atoms with van der Waals surface area (Å²) in [5.41, 5.74) is -14.8. The lowest BCUT2D eigenvalue weighted by molar-refractivity contribution is -0.150. The third-order valence-corrected chi connectivity index (χ3v) is 5.65. The fourth-order valence-electron chi connectivity index (χ4n) is 3.80. The molecule has 0 unspecified atom stereocenters. The smallest absolute Gasteiger partial charge is 0.251 e. The number of aromatic nitrogens is 2. The first kappa shape index (κ1) is 32.9. The molecule has 0 spiro atoms. The second-order valence-corrected chi connectivity index (χ2v) is 8.37. The van der Waals surface area contributed by atoms with E-state index in [0.29, 0.717) is 12.1 Å². The zero-order chi connectivity index (χ0) is 33.4. The maximum atomic E-state index is 13.9. The minimum absolute atomic E-state index is 0.0255. The van der Waals surface area contributed by atoms with Gasteiger partial charge in [0.15, 0.2) is 0 Å². The Kier molecular flexibility index (Phi) is 8.39. The van der Waals surface area contributed by atoms with E-state index in [1.54, 1.807) is 0 Å². The van der Waals surface area contributed by atoms with Crippen molar-refractivity contribution in [2.75, 3.05) is 0 Å². The van der Waals surface area contributed by atoms with E-state index >= 15 is 0 Å². The molecular weight excluding hydrogens is 624 g/mol. The highest BCUT2D eigenvalue weighted by atomic mass is 19.4. The number of alkyl halides is 12. The molecular formula is C26H6F12N6. The summed E-state index contributed by atoms with van der Waals surface area (Å²) in [6.07, 6.45) is -22.1. The molecule has 0 saturated carbocycles. The third kappa shape index (κ3) is 6.55. The quantitative estimate of drug-likeness (QED) is 0.308. The van der Waals surface area contributed by atoms with Gasteiger partial charge in [0, 0.05) is 16.6 Å². The Morgan fingerprint density at radius 1 is 0.500 bits per heavy atom. The van der Waals surface area contributed by atoms with Crippen molar-refractivity contribution in [3.8, 4) is 46.5 Å². The monoisotopic (exact) mass is 630 g/mol. The molecule has 0 aliphatic rings. The van der Waals surface area contributed by atoms with Crippen LogP contribution < -0.4 is 10.4 Å². The highest BCUT2D eigenvalue weighted by molar-refractivity contribution is 5.86. The minimum Gasteiger partial charge on any atom is -0.251 e. The van der Waals surface area contributed by atoms with Crippen molar-refractivity contribution >= 4 is 11.1 Å². The van der Waals surface area contributed by atoms with Gasteiger partial charge in [0.25, 0.3) is 0 Å². The molecule has 0 radical (unpaired) electrons. The van der Waals surface area contributed by atoms with Crippen molar-refractivity contribution in [1.29, 1.82) is 21.0 Å². The van der Waals surface area contributed by atoms with Crippen LogP contribution in [0.2, 0.25) is 0 Å². The molecule has 0 saturated heterocycles. The van der Waals surface area contributed by atoms with Crippen LogP contribution in [-0.2, 0) is 24.7 Å². The molecule has 0 aliphatic carbocycles. The van der Waals surface area contributed by atoms with Crippen molar-refractivity contribution in [2.45, 2.75) is 24.7 Å². The predicted molar refractivity (Wildman–Crippen MR) is 121 cm³/mol. The fourth-order valence-corrected chi connectivity index (χ4v) is 3.80. The molecule has 0 N–H and O–H groups in total.